The minimum Gasteiger partial charge on any atom is -0.459 e. The highest BCUT2D eigenvalue weighted by atomic mass is 16.5. The average molecular weight is 328 g/mol. The van der Waals surface area contributed by atoms with Gasteiger partial charge in [0.2, 0.25) is 5.91 Å². The summed E-state index contributed by atoms with van der Waals surface area (Å²) >= 11 is 0. The fraction of sp³-hybridized carbons (Fsp3) is 0.333. The van der Waals surface area contributed by atoms with E-state index in [2.05, 4.69) is 5.32 Å². The van der Waals surface area contributed by atoms with Crippen molar-refractivity contribution in [1.82, 2.24) is 10.2 Å². The van der Waals surface area contributed by atoms with E-state index in [-0.39, 0.29) is 17.6 Å². The third kappa shape index (κ3) is 3.33. The SMILES string of the molecule is COCCNC(=O)[C@@H]1Cc2ccccc2CN1C(=O)c1ccco1. The summed E-state index contributed by atoms with van der Waals surface area (Å²) in [7, 11) is 1.58. The lowest BCUT2D eigenvalue weighted by Gasteiger charge is -2.35. The molecule has 0 spiro atoms. The first-order valence-electron chi connectivity index (χ1n) is 7.88. The molecule has 0 bridgehead atoms. The van der Waals surface area contributed by atoms with Gasteiger partial charge in [-0.25, -0.2) is 0 Å². The molecule has 0 aliphatic carbocycles. The number of carbonyl (C=O) groups is 2. The number of amides is 2. The summed E-state index contributed by atoms with van der Waals surface area (Å²) in [4.78, 5) is 26.9. The van der Waals surface area contributed by atoms with E-state index in [0.717, 1.165) is 11.1 Å². The predicted octanol–water partition coefficient (Wildman–Crippen LogP) is 1.61. The molecule has 0 radical (unpaired) electrons. The molecule has 0 fully saturated rings. The van der Waals surface area contributed by atoms with Crippen LogP contribution in [0.4, 0.5) is 0 Å². The summed E-state index contributed by atoms with van der Waals surface area (Å²) in [5.74, 6) is -0.216. The minimum atomic E-state index is -0.561. The molecule has 1 aromatic carbocycles. The maximum absolute atomic E-state index is 12.7. The molecule has 6 heteroatoms. The fourth-order valence-electron chi connectivity index (χ4n) is 2.91. The van der Waals surface area contributed by atoms with E-state index < -0.39 is 6.04 Å². The van der Waals surface area contributed by atoms with Gasteiger partial charge in [0, 0.05) is 26.6 Å². The molecule has 126 valence electrons. The Balaban J connectivity index is 1.84. The first-order chi connectivity index (χ1) is 11.7. The van der Waals surface area contributed by atoms with Gasteiger partial charge in [-0.1, -0.05) is 24.3 Å². The van der Waals surface area contributed by atoms with Crippen LogP contribution >= 0.6 is 0 Å². The number of carbonyl (C=O) groups excluding carboxylic acids is 2. The molecule has 1 aliphatic heterocycles. The highest BCUT2D eigenvalue weighted by Crippen LogP contribution is 2.25. The zero-order valence-electron chi connectivity index (χ0n) is 13.5. The Morgan fingerprint density at radius 3 is 2.75 bits per heavy atom. The molecule has 3 rings (SSSR count). The van der Waals surface area contributed by atoms with Crippen molar-refractivity contribution in [3.8, 4) is 0 Å². The van der Waals surface area contributed by atoms with Gasteiger partial charge >= 0.3 is 0 Å². The number of furan rings is 1. The van der Waals surface area contributed by atoms with Crippen molar-refractivity contribution in [2.75, 3.05) is 20.3 Å². The third-order valence-electron chi connectivity index (χ3n) is 4.15. The van der Waals surface area contributed by atoms with Crippen LogP contribution in [0.15, 0.2) is 47.1 Å². The molecular weight excluding hydrogens is 308 g/mol. The van der Waals surface area contributed by atoms with E-state index in [9.17, 15) is 9.59 Å². The Morgan fingerprint density at radius 2 is 2.04 bits per heavy atom. The number of hydrogen-bond acceptors (Lipinski definition) is 4. The largest absolute Gasteiger partial charge is 0.459 e. The first kappa shape index (κ1) is 16.3. The summed E-state index contributed by atoms with van der Waals surface area (Å²) in [5.41, 5.74) is 2.14. The van der Waals surface area contributed by atoms with Gasteiger partial charge in [0.25, 0.3) is 5.91 Å². The molecule has 0 saturated carbocycles. The van der Waals surface area contributed by atoms with Gasteiger partial charge in [-0.3, -0.25) is 9.59 Å². The Hall–Kier alpha value is -2.60. The topological polar surface area (TPSA) is 71.8 Å². The molecule has 2 amide bonds. The van der Waals surface area contributed by atoms with Crippen LogP contribution < -0.4 is 5.32 Å². The van der Waals surface area contributed by atoms with Gasteiger partial charge in [0.1, 0.15) is 6.04 Å². The van der Waals surface area contributed by atoms with Crippen molar-refractivity contribution in [3.05, 3.63) is 59.5 Å². The van der Waals surface area contributed by atoms with E-state index in [1.165, 1.54) is 6.26 Å². The Labute approximate surface area is 140 Å². The number of nitrogens with zero attached hydrogens (tertiary/aromatic N) is 1. The molecular formula is C18H20N2O4. The third-order valence-corrected chi connectivity index (χ3v) is 4.15. The fourth-order valence-corrected chi connectivity index (χ4v) is 2.91. The highest BCUT2D eigenvalue weighted by molar-refractivity contribution is 5.96. The lowest BCUT2D eigenvalue weighted by atomic mass is 9.93. The van der Waals surface area contributed by atoms with Crippen LogP contribution in [0.2, 0.25) is 0 Å². The Morgan fingerprint density at radius 1 is 1.25 bits per heavy atom. The van der Waals surface area contributed by atoms with Crippen molar-refractivity contribution in [3.63, 3.8) is 0 Å². The van der Waals surface area contributed by atoms with E-state index in [4.69, 9.17) is 9.15 Å². The maximum Gasteiger partial charge on any atom is 0.290 e. The standard InChI is InChI=1S/C18H20N2O4/c1-23-10-8-19-17(21)15-11-13-5-2-3-6-14(13)12-20(15)18(22)16-7-4-9-24-16/h2-7,9,15H,8,10-12H2,1H3,(H,19,21)/t15-/m0/s1. The highest BCUT2D eigenvalue weighted by Gasteiger charge is 2.35. The maximum atomic E-state index is 12.7. The second-order valence-corrected chi connectivity index (χ2v) is 5.68. The molecule has 2 heterocycles. The molecule has 1 aliphatic rings. The van der Waals surface area contributed by atoms with Gasteiger partial charge in [0.05, 0.1) is 12.9 Å². The first-order valence-corrected chi connectivity index (χ1v) is 7.88. The number of nitrogens with one attached hydrogen (secondary N) is 1. The van der Waals surface area contributed by atoms with Crippen LogP contribution in [0.3, 0.4) is 0 Å². The molecule has 1 aromatic heterocycles. The van der Waals surface area contributed by atoms with Crippen molar-refractivity contribution < 1.29 is 18.7 Å². The zero-order valence-corrected chi connectivity index (χ0v) is 13.5. The molecule has 0 unspecified atom stereocenters. The summed E-state index contributed by atoms with van der Waals surface area (Å²) in [6, 6.07) is 10.6. The van der Waals surface area contributed by atoms with E-state index in [0.29, 0.717) is 26.1 Å². The van der Waals surface area contributed by atoms with Crippen LogP contribution in [0.1, 0.15) is 21.7 Å². The zero-order chi connectivity index (χ0) is 16.9. The normalized spacial score (nSPS) is 16.5. The molecule has 1 atom stereocenters. The van der Waals surface area contributed by atoms with Crippen molar-refractivity contribution in [2.45, 2.75) is 19.0 Å². The van der Waals surface area contributed by atoms with Crippen LogP contribution in [-0.2, 0) is 22.5 Å². The van der Waals surface area contributed by atoms with Gasteiger partial charge < -0.3 is 19.4 Å². The van der Waals surface area contributed by atoms with Crippen LogP contribution in [0, 0.1) is 0 Å². The smallest absolute Gasteiger partial charge is 0.290 e. The number of rotatable bonds is 5. The van der Waals surface area contributed by atoms with Gasteiger partial charge in [-0.05, 0) is 23.3 Å². The van der Waals surface area contributed by atoms with Gasteiger partial charge in [-0.2, -0.15) is 0 Å². The number of fused-ring (bicyclic) bond motifs is 1. The predicted molar refractivity (Wildman–Crippen MR) is 87.4 cm³/mol. The number of methoxy groups -OCH3 is 1. The van der Waals surface area contributed by atoms with E-state index >= 15 is 0 Å². The second-order valence-electron chi connectivity index (χ2n) is 5.68. The van der Waals surface area contributed by atoms with Crippen LogP contribution in [0.25, 0.3) is 0 Å². The summed E-state index contributed by atoms with van der Waals surface area (Å²) < 4.78 is 10.2. The lowest BCUT2D eigenvalue weighted by molar-refractivity contribution is -0.126. The van der Waals surface area contributed by atoms with E-state index in [1.807, 2.05) is 24.3 Å². The van der Waals surface area contributed by atoms with E-state index in [1.54, 1.807) is 24.1 Å². The molecule has 6 nitrogen and oxygen atoms in total. The number of hydrogen-bond donors (Lipinski definition) is 1. The lowest BCUT2D eigenvalue weighted by Crippen LogP contribution is -2.52. The summed E-state index contributed by atoms with van der Waals surface area (Å²) in [5, 5.41) is 2.83. The van der Waals surface area contributed by atoms with Crippen LogP contribution in [-0.4, -0.2) is 43.0 Å². The molecule has 1 N–H and O–H groups in total. The van der Waals surface area contributed by atoms with Crippen LogP contribution in [0.5, 0.6) is 0 Å². The monoisotopic (exact) mass is 328 g/mol. The average Bonchev–Trinajstić information content (AvgIpc) is 3.14. The van der Waals surface area contributed by atoms with Crippen molar-refractivity contribution in [1.29, 1.82) is 0 Å². The number of ether oxygens (including phenoxy) is 1. The van der Waals surface area contributed by atoms with Crippen molar-refractivity contribution >= 4 is 11.8 Å². The quantitative estimate of drug-likeness (QED) is 0.847. The Kier molecular flexibility index (Phi) is 4.96. The van der Waals surface area contributed by atoms with Gasteiger partial charge in [-0.15, -0.1) is 0 Å². The molecule has 24 heavy (non-hydrogen) atoms. The van der Waals surface area contributed by atoms with Gasteiger partial charge in [0.15, 0.2) is 5.76 Å². The molecule has 0 saturated heterocycles. The Bertz CT molecular complexity index is 712. The minimum absolute atomic E-state index is 0.179. The molecule has 2 aromatic rings. The summed E-state index contributed by atoms with van der Waals surface area (Å²) in [6.45, 7) is 1.23. The second kappa shape index (κ2) is 7.31. The number of benzene rings is 1. The van der Waals surface area contributed by atoms with Crippen molar-refractivity contribution in [2.24, 2.45) is 0 Å². The summed E-state index contributed by atoms with van der Waals surface area (Å²) in [6.07, 6.45) is 1.94.